The Bertz CT molecular complexity index is 584. The van der Waals surface area contributed by atoms with E-state index in [0.29, 0.717) is 17.2 Å². The van der Waals surface area contributed by atoms with Gasteiger partial charge < -0.3 is 5.73 Å². The maximum Gasteiger partial charge on any atom is 0.131 e. The molecule has 0 aliphatic carbocycles. The fourth-order valence-electron chi connectivity index (χ4n) is 1.57. The summed E-state index contributed by atoms with van der Waals surface area (Å²) in [5.41, 5.74) is 7.97. The van der Waals surface area contributed by atoms with Gasteiger partial charge in [0.05, 0.1) is 17.3 Å². The summed E-state index contributed by atoms with van der Waals surface area (Å²) in [4.78, 5) is 8.52. The fourth-order valence-corrected chi connectivity index (χ4v) is 1.57. The lowest BCUT2D eigenvalue weighted by Gasteiger charge is -2.04. The van der Waals surface area contributed by atoms with Crippen LogP contribution in [0.25, 0.3) is 11.3 Å². The third-order valence-electron chi connectivity index (χ3n) is 2.40. The third-order valence-corrected chi connectivity index (χ3v) is 2.40. The minimum Gasteiger partial charge on any atom is -0.384 e. The van der Waals surface area contributed by atoms with E-state index in [0.717, 1.165) is 17.7 Å². The van der Waals surface area contributed by atoms with Crippen LogP contribution in [0.3, 0.4) is 0 Å². The molecule has 4 heteroatoms. The van der Waals surface area contributed by atoms with Gasteiger partial charge in [0.1, 0.15) is 11.6 Å². The Hall–Kier alpha value is -2.41. The molecular formula is C13H12N4. The smallest absolute Gasteiger partial charge is 0.131 e. The molecule has 0 bridgehead atoms. The van der Waals surface area contributed by atoms with Crippen LogP contribution in [0, 0.1) is 11.3 Å². The van der Waals surface area contributed by atoms with Crippen molar-refractivity contribution < 1.29 is 0 Å². The van der Waals surface area contributed by atoms with Crippen LogP contribution in [0.4, 0.5) is 5.82 Å². The molecule has 0 saturated carbocycles. The Morgan fingerprint density at radius 2 is 2.12 bits per heavy atom. The molecule has 17 heavy (non-hydrogen) atoms. The van der Waals surface area contributed by atoms with Gasteiger partial charge >= 0.3 is 0 Å². The van der Waals surface area contributed by atoms with Gasteiger partial charge in [-0.15, -0.1) is 0 Å². The van der Waals surface area contributed by atoms with E-state index in [1.54, 1.807) is 18.2 Å². The number of aromatic nitrogens is 2. The summed E-state index contributed by atoms with van der Waals surface area (Å²) >= 11 is 0. The van der Waals surface area contributed by atoms with E-state index in [-0.39, 0.29) is 0 Å². The topological polar surface area (TPSA) is 75.6 Å². The van der Waals surface area contributed by atoms with Crippen LogP contribution in [0.15, 0.2) is 30.3 Å². The van der Waals surface area contributed by atoms with Crippen molar-refractivity contribution in [3.05, 3.63) is 41.7 Å². The molecular weight excluding hydrogens is 212 g/mol. The quantitative estimate of drug-likeness (QED) is 0.848. The molecule has 1 heterocycles. The molecule has 0 unspecified atom stereocenters. The van der Waals surface area contributed by atoms with Crippen molar-refractivity contribution in [3.8, 4) is 17.3 Å². The highest BCUT2D eigenvalue weighted by Gasteiger charge is 2.04. The van der Waals surface area contributed by atoms with Gasteiger partial charge in [0.25, 0.3) is 0 Å². The number of nitriles is 1. The summed E-state index contributed by atoms with van der Waals surface area (Å²) < 4.78 is 0. The van der Waals surface area contributed by atoms with Crippen LogP contribution in [0.5, 0.6) is 0 Å². The molecule has 0 aliphatic heterocycles. The zero-order chi connectivity index (χ0) is 12.3. The van der Waals surface area contributed by atoms with Crippen molar-refractivity contribution >= 4 is 5.82 Å². The van der Waals surface area contributed by atoms with E-state index in [9.17, 15) is 0 Å². The monoisotopic (exact) mass is 224 g/mol. The van der Waals surface area contributed by atoms with Gasteiger partial charge in [-0.2, -0.15) is 5.26 Å². The highest BCUT2D eigenvalue weighted by atomic mass is 14.9. The van der Waals surface area contributed by atoms with E-state index < -0.39 is 0 Å². The molecule has 84 valence electrons. The normalized spacial score (nSPS) is 9.88. The van der Waals surface area contributed by atoms with Gasteiger partial charge in [0.2, 0.25) is 0 Å². The van der Waals surface area contributed by atoms with Crippen molar-refractivity contribution in [2.75, 3.05) is 5.73 Å². The lowest BCUT2D eigenvalue weighted by Crippen LogP contribution is -2.00. The summed E-state index contributed by atoms with van der Waals surface area (Å²) in [6.07, 6.45) is 0.732. The van der Waals surface area contributed by atoms with Gasteiger partial charge in [-0.25, -0.2) is 9.97 Å². The van der Waals surface area contributed by atoms with Gasteiger partial charge in [-0.3, -0.25) is 0 Å². The van der Waals surface area contributed by atoms with Gasteiger partial charge in [-0.1, -0.05) is 19.1 Å². The van der Waals surface area contributed by atoms with Crippen molar-refractivity contribution in [1.82, 2.24) is 9.97 Å². The van der Waals surface area contributed by atoms with E-state index in [4.69, 9.17) is 11.0 Å². The zero-order valence-electron chi connectivity index (χ0n) is 9.51. The van der Waals surface area contributed by atoms with Crippen LogP contribution >= 0.6 is 0 Å². The second-order valence-electron chi connectivity index (χ2n) is 3.64. The maximum atomic E-state index is 8.86. The molecule has 1 aromatic heterocycles. The van der Waals surface area contributed by atoms with Crippen molar-refractivity contribution in [2.24, 2.45) is 0 Å². The highest BCUT2D eigenvalue weighted by Crippen LogP contribution is 2.19. The standard InChI is InChI=1S/C13H12N4/c1-2-13-16-11(7-12(15)17-13)10-5-3-4-9(6-10)8-14/h3-7H,2H2,1H3,(H2,15,16,17). The van der Waals surface area contributed by atoms with Crippen molar-refractivity contribution in [2.45, 2.75) is 13.3 Å². The number of hydrogen-bond acceptors (Lipinski definition) is 4. The summed E-state index contributed by atoms with van der Waals surface area (Å²) in [5.74, 6) is 1.16. The molecule has 0 atom stereocenters. The second-order valence-corrected chi connectivity index (χ2v) is 3.64. The molecule has 2 aromatic rings. The Morgan fingerprint density at radius 1 is 1.29 bits per heavy atom. The first-order valence-corrected chi connectivity index (χ1v) is 5.37. The minimum absolute atomic E-state index is 0.453. The summed E-state index contributed by atoms with van der Waals surface area (Å²) in [7, 11) is 0. The van der Waals surface area contributed by atoms with Gasteiger partial charge in [0, 0.05) is 18.1 Å². The van der Waals surface area contributed by atoms with E-state index >= 15 is 0 Å². The Kier molecular flexibility index (Phi) is 3.01. The predicted molar refractivity (Wildman–Crippen MR) is 66.0 cm³/mol. The number of anilines is 1. The molecule has 1 aromatic carbocycles. The third kappa shape index (κ3) is 2.40. The first kappa shape index (κ1) is 11.1. The second kappa shape index (κ2) is 4.62. The first-order valence-electron chi connectivity index (χ1n) is 5.37. The van der Waals surface area contributed by atoms with Crippen molar-refractivity contribution in [1.29, 1.82) is 5.26 Å². The van der Waals surface area contributed by atoms with Crippen LogP contribution in [-0.2, 0) is 6.42 Å². The number of hydrogen-bond donors (Lipinski definition) is 1. The van der Waals surface area contributed by atoms with Crippen LogP contribution < -0.4 is 5.73 Å². The number of benzene rings is 1. The number of nitrogens with zero attached hydrogens (tertiary/aromatic N) is 3. The lowest BCUT2D eigenvalue weighted by molar-refractivity contribution is 0.949. The van der Waals surface area contributed by atoms with E-state index in [2.05, 4.69) is 16.0 Å². The molecule has 0 aliphatic rings. The molecule has 0 saturated heterocycles. The van der Waals surface area contributed by atoms with E-state index in [1.165, 1.54) is 0 Å². The van der Waals surface area contributed by atoms with Gasteiger partial charge in [-0.05, 0) is 12.1 Å². The number of rotatable bonds is 2. The van der Waals surface area contributed by atoms with Gasteiger partial charge in [0.15, 0.2) is 0 Å². The average Bonchev–Trinajstić information content (AvgIpc) is 2.38. The Labute approximate surface area is 99.8 Å². The van der Waals surface area contributed by atoms with Crippen LogP contribution in [-0.4, -0.2) is 9.97 Å². The van der Waals surface area contributed by atoms with Crippen LogP contribution in [0.1, 0.15) is 18.3 Å². The molecule has 0 radical (unpaired) electrons. The number of aryl methyl sites for hydroxylation is 1. The van der Waals surface area contributed by atoms with E-state index in [1.807, 2.05) is 19.1 Å². The molecule has 2 rings (SSSR count). The lowest BCUT2D eigenvalue weighted by atomic mass is 10.1. The molecule has 0 spiro atoms. The highest BCUT2D eigenvalue weighted by molar-refractivity contribution is 5.63. The molecule has 4 nitrogen and oxygen atoms in total. The molecule has 0 fully saturated rings. The Morgan fingerprint density at radius 3 is 2.82 bits per heavy atom. The summed E-state index contributed by atoms with van der Waals surface area (Å²) in [5, 5.41) is 8.86. The van der Waals surface area contributed by atoms with Crippen molar-refractivity contribution in [3.63, 3.8) is 0 Å². The summed E-state index contributed by atoms with van der Waals surface area (Å²) in [6.45, 7) is 1.98. The fraction of sp³-hybridized carbons (Fsp3) is 0.154. The average molecular weight is 224 g/mol. The zero-order valence-corrected chi connectivity index (χ0v) is 9.51. The number of nitrogen functional groups attached to an aromatic ring is 1. The van der Waals surface area contributed by atoms with Crippen LogP contribution in [0.2, 0.25) is 0 Å². The molecule has 2 N–H and O–H groups in total. The number of nitrogens with two attached hydrogens (primary N) is 1. The minimum atomic E-state index is 0.453. The Balaban J connectivity index is 2.52. The SMILES string of the molecule is CCc1nc(N)cc(-c2cccc(C#N)c2)n1. The first-order chi connectivity index (χ1) is 8.22. The largest absolute Gasteiger partial charge is 0.384 e. The predicted octanol–water partition coefficient (Wildman–Crippen LogP) is 2.16. The maximum absolute atomic E-state index is 8.86. The molecule has 0 amide bonds. The summed E-state index contributed by atoms with van der Waals surface area (Å²) in [6, 6.07) is 11.1.